The van der Waals surface area contributed by atoms with Crippen LogP contribution in [-0.4, -0.2) is 29.4 Å². The number of pyridine rings is 1. The standard InChI is InChI=1S/C10H11N3O/c1-8-7-12-5-3-9(8)10(14)13(2)6-4-11/h3,5,7H,6H2,1-2H3. The first-order valence-corrected chi connectivity index (χ1v) is 4.20. The quantitative estimate of drug-likeness (QED) is 0.652. The zero-order valence-electron chi connectivity index (χ0n) is 8.19. The number of carbonyl (C=O) groups excluding carboxylic acids is 1. The topological polar surface area (TPSA) is 57.0 Å². The fourth-order valence-electron chi connectivity index (χ4n) is 1.10. The second kappa shape index (κ2) is 4.38. The average molecular weight is 189 g/mol. The molecule has 1 amide bonds. The first-order valence-electron chi connectivity index (χ1n) is 4.20. The number of aromatic nitrogens is 1. The predicted molar refractivity (Wildman–Crippen MR) is 51.5 cm³/mol. The molecule has 0 unspecified atom stereocenters. The van der Waals surface area contributed by atoms with Gasteiger partial charge in [-0.1, -0.05) is 0 Å². The molecule has 0 saturated heterocycles. The van der Waals surface area contributed by atoms with Gasteiger partial charge < -0.3 is 4.90 Å². The summed E-state index contributed by atoms with van der Waals surface area (Å²) >= 11 is 0. The fraction of sp³-hybridized carbons (Fsp3) is 0.300. The minimum atomic E-state index is -0.147. The Kier molecular flexibility index (Phi) is 3.19. The third-order valence-corrected chi connectivity index (χ3v) is 1.91. The second-order valence-corrected chi connectivity index (χ2v) is 3.01. The van der Waals surface area contributed by atoms with Crippen molar-refractivity contribution in [3.05, 3.63) is 29.6 Å². The van der Waals surface area contributed by atoms with Crippen LogP contribution in [0.3, 0.4) is 0 Å². The highest BCUT2D eigenvalue weighted by atomic mass is 16.2. The normalized spacial score (nSPS) is 9.21. The molecule has 0 aromatic carbocycles. The lowest BCUT2D eigenvalue weighted by Gasteiger charge is -2.13. The van der Waals surface area contributed by atoms with Crippen molar-refractivity contribution in [2.24, 2.45) is 0 Å². The lowest BCUT2D eigenvalue weighted by Crippen LogP contribution is -2.27. The van der Waals surface area contributed by atoms with Crippen molar-refractivity contribution in [3.63, 3.8) is 0 Å². The van der Waals surface area contributed by atoms with Gasteiger partial charge in [-0.25, -0.2) is 0 Å². The molecule has 0 fully saturated rings. The number of rotatable bonds is 2. The highest BCUT2D eigenvalue weighted by Crippen LogP contribution is 2.07. The molecule has 72 valence electrons. The highest BCUT2D eigenvalue weighted by Gasteiger charge is 2.12. The van der Waals surface area contributed by atoms with Gasteiger partial charge in [-0.05, 0) is 18.6 Å². The van der Waals surface area contributed by atoms with E-state index in [1.165, 1.54) is 4.90 Å². The number of nitriles is 1. The minimum absolute atomic E-state index is 0.0978. The van der Waals surface area contributed by atoms with Gasteiger partial charge in [0.2, 0.25) is 0 Å². The average Bonchev–Trinajstić information content (AvgIpc) is 2.18. The predicted octanol–water partition coefficient (Wildman–Crippen LogP) is 0.986. The molecule has 0 saturated carbocycles. The summed E-state index contributed by atoms with van der Waals surface area (Å²) in [5.41, 5.74) is 1.42. The van der Waals surface area contributed by atoms with Crippen molar-refractivity contribution in [2.75, 3.05) is 13.6 Å². The van der Waals surface area contributed by atoms with E-state index in [2.05, 4.69) is 4.98 Å². The van der Waals surface area contributed by atoms with E-state index in [-0.39, 0.29) is 12.5 Å². The molecule has 1 aromatic heterocycles. The van der Waals surface area contributed by atoms with Crippen LogP contribution in [0.2, 0.25) is 0 Å². The van der Waals surface area contributed by atoms with Gasteiger partial charge in [0.15, 0.2) is 0 Å². The van der Waals surface area contributed by atoms with E-state index in [9.17, 15) is 4.79 Å². The Labute approximate surface area is 82.8 Å². The van der Waals surface area contributed by atoms with Gasteiger partial charge in [0.25, 0.3) is 5.91 Å². The van der Waals surface area contributed by atoms with Gasteiger partial charge in [0, 0.05) is 25.0 Å². The molecule has 0 aliphatic carbocycles. The molecule has 1 aromatic rings. The van der Waals surface area contributed by atoms with Crippen molar-refractivity contribution >= 4 is 5.91 Å². The zero-order valence-corrected chi connectivity index (χ0v) is 8.19. The third kappa shape index (κ3) is 2.07. The van der Waals surface area contributed by atoms with Crippen molar-refractivity contribution in [3.8, 4) is 6.07 Å². The Hall–Kier alpha value is -1.89. The molecule has 0 aliphatic heterocycles. The van der Waals surface area contributed by atoms with Crippen LogP contribution in [0.15, 0.2) is 18.5 Å². The Morgan fingerprint density at radius 2 is 2.43 bits per heavy atom. The SMILES string of the molecule is Cc1cnccc1C(=O)N(C)CC#N. The largest absolute Gasteiger partial charge is 0.328 e. The maximum absolute atomic E-state index is 11.7. The zero-order chi connectivity index (χ0) is 10.6. The molecular weight excluding hydrogens is 178 g/mol. The summed E-state index contributed by atoms with van der Waals surface area (Å²) in [4.78, 5) is 17.0. The molecule has 0 radical (unpaired) electrons. The second-order valence-electron chi connectivity index (χ2n) is 3.01. The minimum Gasteiger partial charge on any atom is -0.328 e. The molecule has 0 spiro atoms. The first-order chi connectivity index (χ1) is 6.66. The van der Waals surface area contributed by atoms with E-state index >= 15 is 0 Å². The Balaban J connectivity index is 2.91. The number of aryl methyl sites for hydroxylation is 1. The third-order valence-electron chi connectivity index (χ3n) is 1.91. The molecule has 1 rings (SSSR count). The van der Waals surface area contributed by atoms with Gasteiger partial charge in [0.1, 0.15) is 6.54 Å². The summed E-state index contributed by atoms with van der Waals surface area (Å²) in [6, 6.07) is 3.59. The summed E-state index contributed by atoms with van der Waals surface area (Å²) in [6.07, 6.45) is 3.20. The smallest absolute Gasteiger partial charge is 0.254 e. The molecule has 0 N–H and O–H groups in total. The van der Waals surface area contributed by atoms with Gasteiger partial charge >= 0.3 is 0 Å². The molecular formula is C10H11N3O. The monoisotopic (exact) mass is 189 g/mol. The molecule has 4 nitrogen and oxygen atoms in total. The van der Waals surface area contributed by atoms with Crippen LogP contribution in [-0.2, 0) is 0 Å². The van der Waals surface area contributed by atoms with Crippen LogP contribution >= 0.6 is 0 Å². The van der Waals surface area contributed by atoms with Crippen LogP contribution < -0.4 is 0 Å². The van der Waals surface area contributed by atoms with E-state index in [1.54, 1.807) is 25.5 Å². The maximum Gasteiger partial charge on any atom is 0.254 e. The molecule has 0 atom stereocenters. The van der Waals surface area contributed by atoms with E-state index < -0.39 is 0 Å². The number of hydrogen-bond donors (Lipinski definition) is 0. The molecule has 0 bridgehead atoms. The Morgan fingerprint density at radius 3 is 3.00 bits per heavy atom. The van der Waals surface area contributed by atoms with Gasteiger partial charge in [0.05, 0.1) is 6.07 Å². The van der Waals surface area contributed by atoms with Gasteiger partial charge in [-0.3, -0.25) is 9.78 Å². The number of hydrogen-bond acceptors (Lipinski definition) is 3. The van der Waals surface area contributed by atoms with E-state index in [0.717, 1.165) is 5.56 Å². The molecule has 4 heteroatoms. The maximum atomic E-state index is 11.7. The fourth-order valence-corrected chi connectivity index (χ4v) is 1.10. The van der Waals surface area contributed by atoms with Crippen LogP contribution in [0.1, 0.15) is 15.9 Å². The van der Waals surface area contributed by atoms with Crippen LogP contribution in [0.25, 0.3) is 0 Å². The van der Waals surface area contributed by atoms with Gasteiger partial charge in [-0.2, -0.15) is 5.26 Å². The Morgan fingerprint density at radius 1 is 1.71 bits per heavy atom. The van der Waals surface area contributed by atoms with Gasteiger partial charge in [-0.15, -0.1) is 0 Å². The molecule has 14 heavy (non-hydrogen) atoms. The summed E-state index contributed by atoms with van der Waals surface area (Å²) in [7, 11) is 1.60. The first kappa shape index (κ1) is 10.2. The van der Waals surface area contributed by atoms with Crippen LogP contribution in [0, 0.1) is 18.3 Å². The number of amides is 1. The number of carbonyl (C=O) groups is 1. The number of nitrogens with zero attached hydrogens (tertiary/aromatic N) is 3. The van der Waals surface area contributed by atoms with Crippen molar-refractivity contribution in [1.82, 2.24) is 9.88 Å². The van der Waals surface area contributed by atoms with E-state index in [1.807, 2.05) is 13.0 Å². The van der Waals surface area contributed by atoms with Crippen LogP contribution in [0.5, 0.6) is 0 Å². The van der Waals surface area contributed by atoms with E-state index in [4.69, 9.17) is 5.26 Å². The summed E-state index contributed by atoms with van der Waals surface area (Å²) < 4.78 is 0. The molecule has 1 heterocycles. The lowest BCUT2D eigenvalue weighted by molar-refractivity contribution is 0.0811. The Bertz CT molecular complexity index is 381. The van der Waals surface area contributed by atoms with E-state index in [0.29, 0.717) is 5.56 Å². The summed E-state index contributed by atoms with van der Waals surface area (Å²) in [5.74, 6) is -0.147. The summed E-state index contributed by atoms with van der Waals surface area (Å²) in [6.45, 7) is 1.92. The highest BCUT2D eigenvalue weighted by molar-refractivity contribution is 5.95. The molecule has 0 aliphatic rings. The van der Waals surface area contributed by atoms with Crippen molar-refractivity contribution in [1.29, 1.82) is 5.26 Å². The summed E-state index contributed by atoms with van der Waals surface area (Å²) in [5, 5.41) is 8.45. The van der Waals surface area contributed by atoms with Crippen molar-refractivity contribution in [2.45, 2.75) is 6.92 Å². The van der Waals surface area contributed by atoms with Crippen molar-refractivity contribution < 1.29 is 4.79 Å². The lowest BCUT2D eigenvalue weighted by atomic mass is 10.1. The van der Waals surface area contributed by atoms with Crippen LogP contribution in [0.4, 0.5) is 0 Å².